The van der Waals surface area contributed by atoms with E-state index in [-0.39, 0.29) is 18.5 Å². The standard InChI is InChI=1S/C61H113NO5/c1-3-5-7-9-11-13-14-15-32-35-39-43-47-51-55-61(66)67-56-52-48-44-40-36-33-30-28-26-24-22-20-18-16-17-19-21-23-25-27-29-31-34-38-42-46-50-54-60(65)62-58(57-63)59(64)53-49-45-41-37-12-10-8-6-4-2/h14-17,20,22,49,53,58-59,63-64H,3-13,18-19,21,23-48,50-52,54-57H2,1-2H3,(H,62,65)/b15-14-,17-16-,22-20-,53-49+. The molecular formula is C61H113NO5. The molecule has 6 heteroatoms. The Balaban J connectivity index is 3.42. The minimum Gasteiger partial charge on any atom is -0.466 e. The molecule has 1 amide bonds. The normalized spacial score (nSPS) is 13.0. The molecule has 2 atom stereocenters. The molecule has 0 radical (unpaired) electrons. The first-order valence-electron chi connectivity index (χ1n) is 29.4. The number of unbranched alkanes of at least 4 members (excludes halogenated alkanes) is 37. The lowest BCUT2D eigenvalue weighted by Crippen LogP contribution is -2.45. The summed E-state index contributed by atoms with van der Waals surface area (Å²) in [5.74, 6) is -0.0734. The van der Waals surface area contributed by atoms with Gasteiger partial charge in [-0.1, -0.05) is 249 Å². The molecule has 0 aliphatic rings. The topological polar surface area (TPSA) is 95.9 Å². The van der Waals surface area contributed by atoms with Crippen LogP contribution < -0.4 is 5.32 Å². The van der Waals surface area contributed by atoms with E-state index in [1.165, 1.54) is 225 Å². The summed E-state index contributed by atoms with van der Waals surface area (Å²) in [5.41, 5.74) is 0. The highest BCUT2D eigenvalue weighted by Crippen LogP contribution is 2.16. The number of esters is 1. The minimum absolute atomic E-state index is 0.00102. The zero-order valence-corrected chi connectivity index (χ0v) is 44.6. The second kappa shape index (κ2) is 56.4. The molecule has 0 saturated carbocycles. The van der Waals surface area contributed by atoms with Crippen molar-refractivity contribution in [1.82, 2.24) is 5.32 Å². The molecule has 0 bridgehead atoms. The summed E-state index contributed by atoms with van der Waals surface area (Å²) < 4.78 is 5.47. The van der Waals surface area contributed by atoms with E-state index in [1.807, 2.05) is 6.08 Å². The van der Waals surface area contributed by atoms with Gasteiger partial charge in [-0.25, -0.2) is 0 Å². The molecule has 3 N–H and O–H groups in total. The van der Waals surface area contributed by atoms with Crippen LogP contribution in [0, 0.1) is 0 Å². The van der Waals surface area contributed by atoms with Crippen LogP contribution in [0.4, 0.5) is 0 Å². The first kappa shape index (κ1) is 64.8. The Kier molecular flexibility index (Phi) is 54.6. The Morgan fingerprint density at radius 2 is 0.746 bits per heavy atom. The molecule has 6 nitrogen and oxygen atoms in total. The van der Waals surface area contributed by atoms with Crippen LogP contribution in [0.25, 0.3) is 0 Å². The molecule has 0 aromatic heterocycles. The van der Waals surface area contributed by atoms with Crippen LogP contribution in [-0.2, 0) is 14.3 Å². The summed E-state index contributed by atoms with van der Waals surface area (Å²) in [7, 11) is 0. The molecule has 0 fully saturated rings. The lowest BCUT2D eigenvalue weighted by Gasteiger charge is -2.20. The third kappa shape index (κ3) is 53.0. The molecule has 2 unspecified atom stereocenters. The van der Waals surface area contributed by atoms with E-state index in [2.05, 4.69) is 55.6 Å². The van der Waals surface area contributed by atoms with Gasteiger partial charge in [-0.05, 0) is 89.9 Å². The number of hydrogen-bond acceptors (Lipinski definition) is 5. The minimum atomic E-state index is -0.845. The van der Waals surface area contributed by atoms with Gasteiger partial charge in [-0.2, -0.15) is 0 Å². The van der Waals surface area contributed by atoms with Crippen molar-refractivity contribution in [2.24, 2.45) is 0 Å². The molecule has 67 heavy (non-hydrogen) atoms. The van der Waals surface area contributed by atoms with Gasteiger partial charge in [0.2, 0.25) is 5.91 Å². The van der Waals surface area contributed by atoms with Crippen LogP contribution in [-0.4, -0.2) is 47.4 Å². The average Bonchev–Trinajstić information content (AvgIpc) is 3.33. The van der Waals surface area contributed by atoms with Crippen molar-refractivity contribution in [3.8, 4) is 0 Å². The number of carbonyl (C=O) groups is 2. The Morgan fingerprint density at radius 1 is 0.418 bits per heavy atom. The molecule has 0 aromatic carbocycles. The molecule has 0 spiro atoms. The molecule has 392 valence electrons. The average molecular weight is 941 g/mol. The zero-order valence-electron chi connectivity index (χ0n) is 44.6. The SMILES string of the molecule is CCCCCCC/C=C\CCCCCCCC(=O)OCCCCCCCCCCC/C=C\C/C=C\CCCCCCCCCCCCCC(=O)NC(CO)C(O)/C=C/CCCCCCCCC. The lowest BCUT2D eigenvalue weighted by atomic mass is 10.0. The fourth-order valence-electron chi connectivity index (χ4n) is 8.78. The lowest BCUT2D eigenvalue weighted by molar-refractivity contribution is -0.143. The zero-order chi connectivity index (χ0) is 48.6. The van der Waals surface area contributed by atoms with E-state index in [0.717, 1.165) is 51.4 Å². The van der Waals surface area contributed by atoms with Gasteiger partial charge in [0, 0.05) is 12.8 Å². The van der Waals surface area contributed by atoms with Crippen LogP contribution in [0.2, 0.25) is 0 Å². The van der Waals surface area contributed by atoms with E-state index in [1.54, 1.807) is 6.08 Å². The number of carbonyl (C=O) groups excluding carboxylic acids is 2. The maximum Gasteiger partial charge on any atom is 0.305 e. The Labute approximate surface area is 416 Å². The van der Waals surface area contributed by atoms with Crippen molar-refractivity contribution in [3.63, 3.8) is 0 Å². The molecule has 0 aliphatic heterocycles. The maximum absolute atomic E-state index is 12.4. The van der Waals surface area contributed by atoms with E-state index >= 15 is 0 Å². The Hall–Kier alpha value is -2.18. The third-order valence-electron chi connectivity index (χ3n) is 13.3. The summed E-state index contributed by atoms with van der Waals surface area (Å²) in [6.07, 6.45) is 71.5. The second-order valence-corrected chi connectivity index (χ2v) is 20.0. The van der Waals surface area contributed by atoms with Crippen LogP contribution in [0.3, 0.4) is 0 Å². The molecule has 0 heterocycles. The number of ether oxygens (including phenoxy) is 1. The van der Waals surface area contributed by atoms with Gasteiger partial charge in [0.15, 0.2) is 0 Å². The summed E-state index contributed by atoms with van der Waals surface area (Å²) in [5, 5.41) is 22.9. The number of hydrogen-bond donors (Lipinski definition) is 3. The summed E-state index contributed by atoms with van der Waals surface area (Å²) in [4.78, 5) is 24.4. The van der Waals surface area contributed by atoms with Gasteiger partial charge in [-0.3, -0.25) is 9.59 Å². The predicted molar refractivity (Wildman–Crippen MR) is 292 cm³/mol. The highest BCUT2D eigenvalue weighted by molar-refractivity contribution is 5.76. The third-order valence-corrected chi connectivity index (χ3v) is 13.3. The van der Waals surface area contributed by atoms with Crippen molar-refractivity contribution in [2.75, 3.05) is 13.2 Å². The largest absolute Gasteiger partial charge is 0.466 e. The molecule has 0 aliphatic carbocycles. The Bertz CT molecular complexity index is 1130. The predicted octanol–water partition coefficient (Wildman–Crippen LogP) is 18.2. The van der Waals surface area contributed by atoms with Crippen molar-refractivity contribution >= 4 is 11.9 Å². The highest BCUT2D eigenvalue weighted by Gasteiger charge is 2.18. The molecule has 0 rings (SSSR count). The van der Waals surface area contributed by atoms with Gasteiger partial charge in [-0.15, -0.1) is 0 Å². The first-order valence-corrected chi connectivity index (χ1v) is 29.4. The van der Waals surface area contributed by atoms with Crippen LogP contribution in [0.1, 0.15) is 303 Å². The first-order chi connectivity index (χ1) is 33.0. The van der Waals surface area contributed by atoms with Crippen LogP contribution in [0.5, 0.6) is 0 Å². The van der Waals surface area contributed by atoms with Gasteiger partial charge < -0.3 is 20.3 Å². The van der Waals surface area contributed by atoms with E-state index < -0.39 is 12.1 Å². The highest BCUT2D eigenvalue weighted by atomic mass is 16.5. The van der Waals surface area contributed by atoms with Crippen LogP contribution >= 0.6 is 0 Å². The number of aliphatic hydroxyl groups excluding tert-OH is 2. The van der Waals surface area contributed by atoms with E-state index in [0.29, 0.717) is 19.4 Å². The number of nitrogens with one attached hydrogen (secondary N) is 1. The van der Waals surface area contributed by atoms with Crippen molar-refractivity contribution in [2.45, 2.75) is 315 Å². The fourth-order valence-corrected chi connectivity index (χ4v) is 8.78. The number of allylic oxidation sites excluding steroid dienone is 7. The van der Waals surface area contributed by atoms with Gasteiger partial charge >= 0.3 is 5.97 Å². The van der Waals surface area contributed by atoms with E-state index in [4.69, 9.17) is 4.74 Å². The van der Waals surface area contributed by atoms with Gasteiger partial charge in [0.05, 0.1) is 25.4 Å². The van der Waals surface area contributed by atoms with Gasteiger partial charge in [0.25, 0.3) is 0 Å². The van der Waals surface area contributed by atoms with Crippen molar-refractivity contribution in [3.05, 3.63) is 48.6 Å². The summed E-state index contributed by atoms with van der Waals surface area (Å²) >= 11 is 0. The smallest absolute Gasteiger partial charge is 0.305 e. The quantitative estimate of drug-likeness (QED) is 0.0321. The summed E-state index contributed by atoms with van der Waals surface area (Å²) in [6, 6.07) is -0.629. The molecular weight excluding hydrogens is 827 g/mol. The van der Waals surface area contributed by atoms with Crippen molar-refractivity contribution < 1.29 is 24.5 Å². The maximum atomic E-state index is 12.4. The van der Waals surface area contributed by atoms with Crippen LogP contribution in [0.15, 0.2) is 48.6 Å². The van der Waals surface area contributed by atoms with Crippen molar-refractivity contribution in [1.29, 1.82) is 0 Å². The number of aliphatic hydroxyl groups is 2. The monoisotopic (exact) mass is 940 g/mol. The molecule has 0 saturated heterocycles. The number of amides is 1. The summed E-state index contributed by atoms with van der Waals surface area (Å²) in [6.45, 7) is 4.86. The van der Waals surface area contributed by atoms with Gasteiger partial charge in [0.1, 0.15) is 0 Å². The fraction of sp³-hybridized carbons (Fsp3) is 0.836. The Morgan fingerprint density at radius 3 is 1.15 bits per heavy atom. The molecule has 0 aromatic rings. The van der Waals surface area contributed by atoms with E-state index in [9.17, 15) is 19.8 Å². The second-order valence-electron chi connectivity index (χ2n) is 20.0. The number of rotatable bonds is 54.